The highest BCUT2D eigenvalue weighted by molar-refractivity contribution is 7.47. The molecular formula is C40H63F2N4O9P. The largest absolute Gasteiger partial charge is 0.472 e. The first-order chi connectivity index (χ1) is 26.9. The van der Waals surface area contributed by atoms with Crippen molar-refractivity contribution >= 4 is 19.2 Å². The molecule has 1 aliphatic heterocycles. The number of nitrogen functional groups attached to an aromatic ring is 1. The normalized spacial score (nSPS) is 21.5. The molecule has 1 saturated heterocycles. The van der Waals surface area contributed by atoms with Gasteiger partial charge in [-0.3, -0.25) is 9.05 Å². The number of aromatic nitrogens is 3. The number of nitrogens with two attached hydrogens (primary N) is 1. The van der Waals surface area contributed by atoms with Gasteiger partial charge in [0.2, 0.25) is 0 Å². The van der Waals surface area contributed by atoms with Crippen molar-refractivity contribution in [1.29, 1.82) is 0 Å². The summed E-state index contributed by atoms with van der Waals surface area (Å²) in [7, 11) is -4.74. The lowest BCUT2D eigenvalue weighted by Crippen LogP contribution is -2.39. The molecule has 0 radical (unpaired) electrons. The Morgan fingerprint density at radius 1 is 0.893 bits per heavy atom. The number of rotatable bonds is 29. The lowest BCUT2D eigenvalue weighted by atomic mass is 9.93. The molecule has 0 spiro atoms. The number of anilines is 1. The van der Waals surface area contributed by atoms with Gasteiger partial charge in [-0.1, -0.05) is 109 Å². The smallest absolute Gasteiger partial charge is 0.387 e. The summed E-state index contributed by atoms with van der Waals surface area (Å²) in [5, 5.41) is 25.9. The van der Waals surface area contributed by atoms with Crippen LogP contribution >= 0.6 is 7.82 Å². The van der Waals surface area contributed by atoms with Crippen molar-refractivity contribution in [2.24, 2.45) is 0 Å². The first-order valence-electron chi connectivity index (χ1n) is 20.3. The maximum Gasteiger partial charge on any atom is 0.472 e. The number of aliphatic hydroxyl groups is 2. The van der Waals surface area contributed by atoms with Crippen LogP contribution in [0.3, 0.4) is 0 Å². The summed E-state index contributed by atoms with van der Waals surface area (Å²) in [6.07, 6.45) is 16.4. The third-order valence-electron chi connectivity index (χ3n) is 10.4. The van der Waals surface area contributed by atoms with Crippen LogP contribution in [0.5, 0.6) is 0 Å². The molecule has 0 bridgehead atoms. The second-order valence-electron chi connectivity index (χ2n) is 15.0. The van der Waals surface area contributed by atoms with Gasteiger partial charge in [0.15, 0.2) is 17.5 Å². The van der Waals surface area contributed by atoms with Gasteiger partial charge in [-0.2, -0.15) is 5.10 Å². The number of halogens is 2. The van der Waals surface area contributed by atoms with Crippen LogP contribution < -0.4 is 5.73 Å². The zero-order valence-corrected chi connectivity index (χ0v) is 33.9. The zero-order chi connectivity index (χ0) is 40.4. The van der Waals surface area contributed by atoms with Crippen LogP contribution in [-0.4, -0.2) is 80.5 Å². The number of nitrogens with zero attached hydrogens (tertiary/aromatic N) is 3. The second-order valence-corrected chi connectivity index (χ2v) is 16.4. The molecule has 5 N–H and O–H groups in total. The molecule has 56 heavy (non-hydrogen) atoms. The maximum absolute atomic E-state index is 13.8. The Kier molecular flexibility index (Phi) is 19.5. The predicted molar refractivity (Wildman–Crippen MR) is 209 cm³/mol. The van der Waals surface area contributed by atoms with Crippen molar-refractivity contribution in [2.75, 3.05) is 32.2 Å². The van der Waals surface area contributed by atoms with Crippen molar-refractivity contribution in [1.82, 2.24) is 14.6 Å². The molecule has 1 unspecified atom stereocenters. The number of phosphoric acid groups is 1. The minimum Gasteiger partial charge on any atom is -0.387 e. The number of hydrogen-bond donors (Lipinski definition) is 4. The van der Waals surface area contributed by atoms with Crippen molar-refractivity contribution < 1.29 is 51.7 Å². The van der Waals surface area contributed by atoms with E-state index in [-0.39, 0.29) is 19.0 Å². The summed E-state index contributed by atoms with van der Waals surface area (Å²) in [6.45, 7) is 3.10. The van der Waals surface area contributed by atoms with Crippen LogP contribution in [0.15, 0.2) is 36.7 Å². The van der Waals surface area contributed by atoms with Crippen molar-refractivity contribution in [3.05, 3.63) is 59.6 Å². The van der Waals surface area contributed by atoms with E-state index >= 15 is 0 Å². The lowest BCUT2D eigenvalue weighted by molar-refractivity contribution is -0.0901. The van der Waals surface area contributed by atoms with Gasteiger partial charge in [0, 0.05) is 6.61 Å². The molecule has 1 fully saturated rings. The number of phosphoric ester groups is 1. The summed E-state index contributed by atoms with van der Waals surface area (Å²) in [6, 6.07) is 6.66. The molecular weight excluding hydrogens is 749 g/mol. The molecule has 3 aromatic rings. The highest BCUT2D eigenvalue weighted by Gasteiger charge is 2.54. The van der Waals surface area contributed by atoms with Gasteiger partial charge in [-0.05, 0) is 43.2 Å². The van der Waals surface area contributed by atoms with Crippen LogP contribution in [0, 0.1) is 11.6 Å². The van der Waals surface area contributed by atoms with Crippen LogP contribution in [0.25, 0.3) is 5.52 Å². The Labute approximate surface area is 329 Å². The van der Waals surface area contributed by atoms with Gasteiger partial charge in [0.1, 0.15) is 41.9 Å². The van der Waals surface area contributed by atoms with Gasteiger partial charge in [-0.25, -0.2) is 22.8 Å². The van der Waals surface area contributed by atoms with Crippen molar-refractivity contribution in [2.45, 2.75) is 153 Å². The van der Waals surface area contributed by atoms with E-state index in [0.29, 0.717) is 23.4 Å². The Morgan fingerprint density at radius 3 is 2.14 bits per heavy atom. The number of fused-ring (bicyclic) bond motifs is 1. The second kappa shape index (κ2) is 23.7. The number of benzene rings is 1. The molecule has 0 aliphatic carbocycles. The summed E-state index contributed by atoms with van der Waals surface area (Å²) < 4.78 is 69.7. The predicted octanol–water partition coefficient (Wildman–Crippen LogP) is 7.92. The van der Waals surface area contributed by atoms with Gasteiger partial charge < -0.3 is 35.1 Å². The van der Waals surface area contributed by atoms with E-state index in [2.05, 4.69) is 17.0 Å². The molecule has 1 aromatic carbocycles. The number of unbranched alkanes of at least 4 members (excludes halogenated alkanes) is 15. The first kappa shape index (κ1) is 46.1. The highest BCUT2D eigenvalue weighted by Crippen LogP contribution is 2.46. The van der Waals surface area contributed by atoms with E-state index in [1.165, 1.54) is 100 Å². The monoisotopic (exact) mass is 812 g/mol. The van der Waals surface area contributed by atoms with Crippen molar-refractivity contribution in [3.8, 4) is 0 Å². The average molecular weight is 813 g/mol. The van der Waals surface area contributed by atoms with Gasteiger partial charge in [0.25, 0.3) is 0 Å². The minimum atomic E-state index is -4.74. The molecule has 13 nitrogen and oxygen atoms in total. The summed E-state index contributed by atoms with van der Waals surface area (Å²) in [4.78, 5) is 14.5. The van der Waals surface area contributed by atoms with Gasteiger partial charge in [-0.15, -0.1) is 0 Å². The van der Waals surface area contributed by atoms with Crippen LogP contribution in [0.2, 0.25) is 0 Å². The minimum absolute atomic E-state index is 0.0107. The number of hydrogen-bond acceptors (Lipinski definition) is 11. The Bertz CT molecular complexity index is 1640. The average Bonchev–Trinajstić information content (AvgIpc) is 3.72. The van der Waals surface area contributed by atoms with E-state index < -0.39 is 62.7 Å². The third-order valence-corrected chi connectivity index (χ3v) is 11.3. The van der Waals surface area contributed by atoms with E-state index in [1.54, 1.807) is 19.1 Å². The molecule has 2 aromatic heterocycles. The summed E-state index contributed by atoms with van der Waals surface area (Å²) in [5.74, 6) is -1.80. The molecule has 6 atom stereocenters. The fourth-order valence-electron chi connectivity index (χ4n) is 6.99. The Morgan fingerprint density at radius 2 is 1.52 bits per heavy atom. The van der Waals surface area contributed by atoms with E-state index in [4.69, 9.17) is 29.0 Å². The van der Waals surface area contributed by atoms with Gasteiger partial charge >= 0.3 is 7.82 Å². The molecule has 4 rings (SSSR count). The van der Waals surface area contributed by atoms with E-state index in [1.807, 2.05) is 0 Å². The summed E-state index contributed by atoms with van der Waals surface area (Å²) >= 11 is 0. The molecule has 0 saturated carbocycles. The zero-order valence-electron chi connectivity index (χ0n) is 33.0. The first-order valence-corrected chi connectivity index (χ1v) is 21.8. The van der Waals surface area contributed by atoms with Crippen LogP contribution in [0.1, 0.15) is 128 Å². The maximum atomic E-state index is 13.8. The topological polar surface area (TPSA) is 180 Å². The Balaban J connectivity index is 1.16. The van der Waals surface area contributed by atoms with Crippen LogP contribution in [0.4, 0.5) is 14.6 Å². The van der Waals surface area contributed by atoms with E-state index in [9.17, 15) is 28.5 Å². The molecule has 0 amide bonds. The highest BCUT2D eigenvalue weighted by atomic mass is 31.2. The Hall–Kier alpha value is -2.59. The number of aliphatic hydroxyl groups excluding tert-OH is 2. The van der Waals surface area contributed by atoms with Crippen LogP contribution in [-0.2, 0) is 40.0 Å². The SMILES string of the molecule is CCCCCCCCCCCCCCCCCCOC[C@H](COP(=O)(O)OC[C@H]1O[C@@](C)(c2ccc3c(N)ncnn23)[C@H](O)[C@@H]1O)OCc1ccc(F)c(F)c1. The van der Waals surface area contributed by atoms with Gasteiger partial charge in [0.05, 0.1) is 32.1 Å². The molecule has 316 valence electrons. The molecule has 16 heteroatoms. The van der Waals surface area contributed by atoms with E-state index in [0.717, 1.165) is 31.4 Å². The number of ether oxygens (including phenoxy) is 3. The lowest BCUT2D eigenvalue weighted by Gasteiger charge is -2.27. The molecule has 1 aliphatic rings. The quantitative estimate of drug-likeness (QED) is 0.0394. The van der Waals surface area contributed by atoms with Crippen molar-refractivity contribution in [3.63, 3.8) is 0 Å². The fraction of sp³-hybridized carbons (Fsp3) is 0.700. The molecule has 3 heterocycles. The standard InChI is InChI=1S/C40H63F2N4O9P/c1-3-4-5-6-7-8-9-10-11-12-13-14-15-16-17-18-23-51-26-31(52-25-30-19-20-32(41)33(42)24-30)27-53-56(49,50)54-28-35-37(47)38(48)40(2,55-35)36-22-21-34-39(43)44-29-45-46(34)36/h19-22,24,29,31,35,37-38,47-48H,3-18,23,25-28H2,1-2H3,(H,49,50)(H2,43,44,45)/t31-,35-,37-,38-,40+/m1/s1. The fourth-order valence-corrected chi connectivity index (χ4v) is 7.76. The summed E-state index contributed by atoms with van der Waals surface area (Å²) in [5.41, 5.74) is 5.65. The third kappa shape index (κ3) is 14.4.